The predicted molar refractivity (Wildman–Crippen MR) is 89.3 cm³/mol. The monoisotopic (exact) mass is 317 g/mol. The molecule has 1 unspecified atom stereocenters. The van der Waals surface area contributed by atoms with E-state index in [1.165, 1.54) is 0 Å². The molecule has 0 aliphatic rings. The maximum atomic E-state index is 11.4. The van der Waals surface area contributed by atoms with Gasteiger partial charge in [0.15, 0.2) is 11.6 Å². The first kappa shape index (κ1) is 21.9. The van der Waals surface area contributed by atoms with Crippen molar-refractivity contribution in [1.29, 1.82) is 0 Å². The van der Waals surface area contributed by atoms with Crippen LogP contribution >= 0.6 is 11.6 Å². The van der Waals surface area contributed by atoms with Crippen LogP contribution in [0.1, 0.15) is 57.4 Å². The first-order valence-corrected chi connectivity index (χ1v) is 7.65. The molecule has 0 aliphatic heterocycles. The Bertz CT molecular complexity index is 392. The van der Waals surface area contributed by atoms with Crippen LogP contribution in [-0.4, -0.2) is 34.0 Å². The summed E-state index contributed by atoms with van der Waals surface area (Å²) in [5, 5.41) is 3.43. The number of unbranched alkanes of at least 4 members (excludes halogenated alkanes) is 1. The van der Waals surface area contributed by atoms with Crippen LogP contribution in [0.2, 0.25) is 0 Å². The molecule has 0 saturated heterocycles. The van der Waals surface area contributed by atoms with E-state index < -0.39 is 0 Å². The molecule has 1 atom stereocenters. The number of halogens is 1. The minimum absolute atomic E-state index is 0.0295. The van der Waals surface area contributed by atoms with Gasteiger partial charge in [-0.1, -0.05) is 20.3 Å². The van der Waals surface area contributed by atoms with E-state index in [-0.39, 0.29) is 11.2 Å². The lowest BCUT2D eigenvalue weighted by Gasteiger charge is -2.06. The van der Waals surface area contributed by atoms with Crippen LogP contribution in [0.15, 0.2) is 6.33 Å². The predicted octanol–water partition coefficient (Wildman–Crippen LogP) is 3.67. The number of nitrogens with one attached hydrogen (secondary N) is 1. The number of carbonyl (C=O) groups excluding carboxylic acids is 2. The summed E-state index contributed by atoms with van der Waals surface area (Å²) < 4.78 is 1.74. The van der Waals surface area contributed by atoms with Crippen LogP contribution in [0.3, 0.4) is 0 Å². The Kier molecular flexibility index (Phi) is 14.2. The van der Waals surface area contributed by atoms with Crippen molar-refractivity contribution < 1.29 is 9.59 Å². The van der Waals surface area contributed by atoms with Crippen LogP contribution in [0.4, 0.5) is 5.82 Å². The van der Waals surface area contributed by atoms with Gasteiger partial charge in [-0.2, -0.15) is 0 Å². The minimum Gasteiger partial charge on any atom is -0.368 e. The van der Waals surface area contributed by atoms with Gasteiger partial charge in [-0.3, -0.25) is 4.79 Å². The molecule has 0 aliphatic carbocycles. The van der Waals surface area contributed by atoms with Crippen molar-refractivity contribution in [2.45, 2.75) is 52.3 Å². The largest absolute Gasteiger partial charge is 0.368 e. The highest BCUT2D eigenvalue weighted by Crippen LogP contribution is 2.13. The Morgan fingerprint density at radius 3 is 2.48 bits per heavy atom. The lowest BCUT2D eigenvalue weighted by molar-refractivity contribution is -0.0980. The molecule has 1 aromatic rings. The zero-order chi connectivity index (χ0) is 16.8. The second-order valence-electron chi connectivity index (χ2n) is 4.31. The van der Waals surface area contributed by atoms with Crippen molar-refractivity contribution in [2.24, 2.45) is 7.05 Å². The second kappa shape index (κ2) is 13.6. The van der Waals surface area contributed by atoms with Crippen molar-refractivity contribution in [3.63, 3.8) is 0 Å². The third-order valence-corrected chi connectivity index (χ3v) is 2.81. The van der Waals surface area contributed by atoms with Crippen LogP contribution in [0.5, 0.6) is 0 Å². The number of aryl methyl sites for hydroxylation is 1. The fourth-order valence-electron chi connectivity index (χ4n) is 1.73. The quantitative estimate of drug-likeness (QED) is 0.473. The van der Waals surface area contributed by atoms with E-state index in [9.17, 15) is 4.79 Å². The molecule has 21 heavy (non-hydrogen) atoms. The number of alkyl halides is 1. The zero-order valence-electron chi connectivity index (χ0n) is 13.8. The number of nitrogens with zero attached hydrogens (tertiary/aromatic N) is 2. The van der Waals surface area contributed by atoms with Gasteiger partial charge in [0.25, 0.3) is 0 Å². The first-order chi connectivity index (χ1) is 10.0. The van der Waals surface area contributed by atoms with E-state index >= 15 is 0 Å². The Morgan fingerprint density at radius 1 is 1.43 bits per heavy atom. The van der Waals surface area contributed by atoms with E-state index in [1.807, 2.05) is 34.6 Å². The number of hydrogen-bond acceptors (Lipinski definition) is 4. The zero-order valence-corrected chi connectivity index (χ0v) is 14.5. The molecule has 0 spiro atoms. The van der Waals surface area contributed by atoms with Crippen molar-refractivity contribution in [3.8, 4) is 0 Å². The summed E-state index contributed by atoms with van der Waals surface area (Å²) in [6, 6.07) is 0. The molecule has 1 rings (SSSR count). The molecule has 0 radical (unpaired) electrons. The van der Waals surface area contributed by atoms with Crippen molar-refractivity contribution >= 4 is 30.0 Å². The van der Waals surface area contributed by atoms with Gasteiger partial charge in [-0.15, -0.1) is 11.6 Å². The van der Waals surface area contributed by atoms with Crippen molar-refractivity contribution in [3.05, 3.63) is 12.0 Å². The number of hydrogen-bond donors (Lipinski definition) is 1. The fourth-order valence-corrected chi connectivity index (χ4v) is 1.89. The normalized spacial score (nSPS) is 10.6. The summed E-state index contributed by atoms with van der Waals surface area (Å²) in [4.78, 5) is 23.6. The fraction of sp³-hybridized carbons (Fsp3) is 0.667. The third-order valence-electron chi connectivity index (χ3n) is 2.59. The average molecular weight is 318 g/mol. The molecule has 0 amide bonds. The second-order valence-corrected chi connectivity index (χ2v) is 5.06. The highest BCUT2D eigenvalue weighted by atomic mass is 35.5. The molecule has 1 N–H and O–H groups in total. The average Bonchev–Trinajstić information content (AvgIpc) is 2.84. The molecule has 0 aromatic carbocycles. The number of Topliss-reactive ketones (excluding diaryl/α,β-unsaturated/α-hetero) is 1. The Balaban J connectivity index is 0. The van der Waals surface area contributed by atoms with Crippen molar-refractivity contribution in [1.82, 2.24) is 9.55 Å². The van der Waals surface area contributed by atoms with E-state index in [0.29, 0.717) is 11.5 Å². The number of aromatic nitrogens is 2. The summed E-state index contributed by atoms with van der Waals surface area (Å²) in [5.74, 6) is 0.709. The summed E-state index contributed by atoms with van der Waals surface area (Å²) in [7, 11) is 1.82. The van der Waals surface area contributed by atoms with Gasteiger partial charge < -0.3 is 14.7 Å². The molecular weight excluding hydrogens is 290 g/mol. The van der Waals surface area contributed by atoms with Gasteiger partial charge in [0.1, 0.15) is 12.5 Å². The number of imidazole rings is 1. The van der Waals surface area contributed by atoms with Crippen molar-refractivity contribution in [2.75, 3.05) is 11.9 Å². The minimum atomic E-state index is 0.0295. The number of carbonyl (C=O) groups is 2. The molecule has 0 saturated carbocycles. The van der Waals surface area contributed by atoms with Gasteiger partial charge in [-0.05, 0) is 19.8 Å². The molecular formula is C15H28ClN3O2. The van der Waals surface area contributed by atoms with E-state index in [4.69, 9.17) is 16.4 Å². The number of ketones is 1. The molecule has 0 fully saturated rings. The molecule has 122 valence electrons. The van der Waals surface area contributed by atoms with Gasteiger partial charge in [0.05, 0.1) is 6.33 Å². The van der Waals surface area contributed by atoms with E-state index in [1.54, 1.807) is 17.8 Å². The molecule has 1 heterocycles. The molecule has 1 aromatic heterocycles. The first-order valence-electron chi connectivity index (χ1n) is 7.21. The lowest BCUT2D eigenvalue weighted by Crippen LogP contribution is -2.09. The summed E-state index contributed by atoms with van der Waals surface area (Å²) >= 11 is 5.86. The van der Waals surface area contributed by atoms with Gasteiger partial charge in [0, 0.05) is 25.9 Å². The Morgan fingerprint density at radius 2 is 2.00 bits per heavy atom. The third kappa shape index (κ3) is 9.24. The summed E-state index contributed by atoms with van der Waals surface area (Å²) in [5.41, 5.74) is 0.635. The van der Waals surface area contributed by atoms with Crippen LogP contribution < -0.4 is 5.32 Å². The maximum Gasteiger partial charge on any atom is 0.179 e. The SMILES string of the molecule is C=O.CC.CC(=O)c1c(NCCCCC(C)Cl)ncn1C. The van der Waals surface area contributed by atoms with Crippen LogP contribution in [0, 0.1) is 0 Å². The number of anilines is 1. The smallest absolute Gasteiger partial charge is 0.179 e. The highest BCUT2D eigenvalue weighted by molar-refractivity contribution is 6.20. The summed E-state index contributed by atoms with van der Waals surface area (Å²) in [6.07, 6.45) is 4.79. The van der Waals surface area contributed by atoms with Gasteiger partial charge in [0.2, 0.25) is 0 Å². The van der Waals surface area contributed by atoms with E-state index in [0.717, 1.165) is 25.8 Å². The molecule has 5 nitrogen and oxygen atoms in total. The Hall–Kier alpha value is -1.36. The Labute approximate surface area is 133 Å². The van der Waals surface area contributed by atoms with Crippen LogP contribution in [-0.2, 0) is 11.8 Å². The summed E-state index contributed by atoms with van der Waals surface area (Å²) in [6.45, 7) is 10.4. The lowest BCUT2D eigenvalue weighted by atomic mass is 10.2. The molecule has 6 heteroatoms. The topological polar surface area (TPSA) is 64.0 Å². The van der Waals surface area contributed by atoms with Gasteiger partial charge in [-0.25, -0.2) is 4.98 Å². The standard InChI is InChI=1S/C12H20ClN3O.C2H6.CH2O/c1-9(13)6-4-5-7-14-12-11(10(2)17)16(3)8-15-12;2*1-2/h8-9,14H,4-7H2,1-3H3;1-2H3;1H2. The highest BCUT2D eigenvalue weighted by Gasteiger charge is 2.12. The van der Waals surface area contributed by atoms with Gasteiger partial charge >= 0.3 is 0 Å². The molecule has 0 bridgehead atoms. The van der Waals surface area contributed by atoms with Crippen LogP contribution in [0.25, 0.3) is 0 Å². The van der Waals surface area contributed by atoms with E-state index in [2.05, 4.69) is 10.3 Å². The maximum absolute atomic E-state index is 11.4. The number of rotatable bonds is 7.